The molecule has 2 radical (unpaired) electrons. The first-order chi connectivity index (χ1) is 15.3. The number of hydrogen-bond acceptors (Lipinski definition) is 7. The van der Waals surface area contributed by atoms with Gasteiger partial charge in [0.25, 0.3) is 0 Å². The lowest BCUT2D eigenvalue weighted by molar-refractivity contribution is 0.311. The summed E-state index contributed by atoms with van der Waals surface area (Å²) < 4.78 is 27.5. The van der Waals surface area contributed by atoms with Crippen LogP contribution in [0.5, 0.6) is 0 Å². The Kier molecular flexibility index (Phi) is 6.73. The molecule has 2 N–H and O–H groups in total. The highest BCUT2D eigenvalue weighted by molar-refractivity contribution is 7.92. The van der Waals surface area contributed by atoms with E-state index in [0.717, 1.165) is 26.2 Å². The molecule has 8 nitrogen and oxygen atoms in total. The Morgan fingerprint density at radius 3 is 2.53 bits per heavy atom. The van der Waals surface area contributed by atoms with Crippen molar-refractivity contribution in [1.29, 1.82) is 0 Å². The Balaban J connectivity index is 1.55. The van der Waals surface area contributed by atoms with Gasteiger partial charge >= 0.3 is 0 Å². The second-order valence-electron chi connectivity index (χ2n) is 7.77. The number of anilines is 3. The zero-order valence-electron chi connectivity index (χ0n) is 17.8. The number of nitrogens with zero attached hydrogens (tertiary/aromatic N) is 4. The summed E-state index contributed by atoms with van der Waals surface area (Å²) in [5.41, 5.74) is 1.59. The van der Waals surface area contributed by atoms with E-state index < -0.39 is 10.0 Å². The third-order valence-electron chi connectivity index (χ3n) is 5.30. The average Bonchev–Trinajstić information content (AvgIpc) is 2.75. The van der Waals surface area contributed by atoms with Gasteiger partial charge in [-0.1, -0.05) is 41.3 Å². The van der Waals surface area contributed by atoms with Crippen LogP contribution in [-0.4, -0.2) is 76.7 Å². The zero-order chi connectivity index (χ0) is 22.7. The van der Waals surface area contributed by atoms with Crippen molar-refractivity contribution in [2.24, 2.45) is 0 Å². The number of nitrogens with one attached hydrogen (secondary N) is 2. The molecular weight excluding hydrogens is 447 g/mol. The molecular formula is C21H24BClN6O2S. The third kappa shape index (κ3) is 5.43. The molecule has 32 heavy (non-hydrogen) atoms. The van der Waals surface area contributed by atoms with E-state index in [1.807, 2.05) is 6.07 Å². The fourth-order valence-corrected chi connectivity index (χ4v) is 4.60. The van der Waals surface area contributed by atoms with Gasteiger partial charge in [0, 0.05) is 48.8 Å². The Labute approximate surface area is 194 Å². The molecule has 1 aromatic heterocycles. The van der Waals surface area contributed by atoms with Crippen LogP contribution >= 0.6 is 11.6 Å². The van der Waals surface area contributed by atoms with Gasteiger partial charge in [0.15, 0.2) is 0 Å². The standard InChI is InChI=1S/C21H24BClN6O2S/c1-28-8-10-29(11-9-28)21-25-19-14-18(23)17(22)13-16(19)20(26-21)24-7-12-32(30,31)27-15-5-3-2-4-6-15/h2-6,13-14,27H,7-12H2,1H3,(H,24,25,26). The SMILES string of the molecule is [B]c1cc2c(NCCS(=O)(=O)Nc3ccccc3)nc(N3CCN(C)CC3)nc2cc1Cl. The van der Waals surface area contributed by atoms with Gasteiger partial charge in [-0.05, 0) is 25.2 Å². The molecule has 166 valence electrons. The molecule has 0 atom stereocenters. The fourth-order valence-electron chi connectivity index (χ4n) is 3.48. The molecule has 2 aromatic carbocycles. The molecule has 1 aliphatic rings. The maximum Gasteiger partial charge on any atom is 0.234 e. The molecule has 3 aromatic rings. The van der Waals surface area contributed by atoms with Gasteiger partial charge in [-0.3, -0.25) is 4.72 Å². The summed E-state index contributed by atoms with van der Waals surface area (Å²) in [6, 6.07) is 12.2. The van der Waals surface area contributed by atoms with Crippen molar-refractivity contribution in [3.05, 3.63) is 47.5 Å². The van der Waals surface area contributed by atoms with Crippen molar-refractivity contribution in [3.8, 4) is 0 Å². The Morgan fingerprint density at radius 2 is 1.81 bits per heavy atom. The number of benzene rings is 2. The van der Waals surface area contributed by atoms with Gasteiger partial charge in [0.05, 0.1) is 11.3 Å². The maximum absolute atomic E-state index is 12.5. The highest BCUT2D eigenvalue weighted by Gasteiger charge is 2.19. The average molecular weight is 471 g/mol. The molecule has 0 aliphatic carbocycles. The number of aromatic nitrogens is 2. The van der Waals surface area contributed by atoms with Crippen molar-refractivity contribution >= 4 is 63.3 Å². The predicted octanol–water partition coefficient (Wildman–Crippen LogP) is 1.68. The van der Waals surface area contributed by atoms with Crippen molar-refractivity contribution in [2.45, 2.75) is 0 Å². The smallest absolute Gasteiger partial charge is 0.234 e. The van der Waals surface area contributed by atoms with Gasteiger partial charge in [-0.15, -0.1) is 0 Å². The lowest BCUT2D eigenvalue weighted by Gasteiger charge is -2.32. The Bertz CT molecular complexity index is 1200. The van der Waals surface area contributed by atoms with E-state index in [1.165, 1.54) is 0 Å². The number of sulfonamides is 1. The summed E-state index contributed by atoms with van der Waals surface area (Å²) in [6.45, 7) is 3.60. The number of piperazine rings is 1. The van der Waals surface area contributed by atoms with Crippen LogP contribution in [0.1, 0.15) is 0 Å². The minimum absolute atomic E-state index is 0.125. The summed E-state index contributed by atoms with van der Waals surface area (Å²) in [4.78, 5) is 13.7. The van der Waals surface area contributed by atoms with E-state index in [9.17, 15) is 8.42 Å². The largest absolute Gasteiger partial charge is 0.368 e. The van der Waals surface area contributed by atoms with Crippen molar-refractivity contribution in [2.75, 3.05) is 60.5 Å². The van der Waals surface area contributed by atoms with Crippen LogP contribution in [0.3, 0.4) is 0 Å². The van der Waals surface area contributed by atoms with E-state index in [-0.39, 0.29) is 12.3 Å². The highest BCUT2D eigenvalue weighted by Crippen LogP contribution is 2.25. The van der Waals surface area contributed by atoms with Crippen molar-refractivity contribution < 1.29 is 8.42 Å². The monoisotopic (exact) mass is 470 g/mol. The van der Waals surface area contributed by atoms with Gasteiger partial charge in [0.2, 0.25) is 16.0 Å². The Hall–Kier alpha value is -2.56. The van der Waals surface area contributed by atoms with Gasteiger partial charge in [-0.25, -0.2) is 13.4 Å². The lowest BCUT2D eigenvalue weighted by Crippen LogP contribution is -2.45. The van der Waals surface area contributed by atoms with E-state index in [0.29, 0.717) is 38.8 Å². The highest BCUT2D eigenvalue weighted by atomic mass is 35.5. The van der Waals surface area contributed by atoms with Crippen LogP contribution in [0.25, 0.3) is 10.9 Å². The van der Waals surface area contributed by atoms with E-state index in [1.54, 1.807) is 36.4 Å². The maximum atomic E-state index is 12.5. The number of likely N-dealkylation sites (N-methyl/N-ethyl adjacent to an activating group) is 1. The van der Waals surface area contributed by atoms with Crippen LogP contribution in [-0.2, 0) is 10.0 Å². The first-order valence-electron chi connectivity index (χ1n) is 10.3. The number of hydrogen-bond donors (Lipinski definition) is 2. The zero-order valence-corrected chi connectivity index (χ0v) is 19.3. The quantitative estimate of drug-likeness (QED) is 0.508. The number of para-hydroxylation sites is 1. The van der Waals surface area contributed by atoms with Crippen LogP contribution in [0, 0.1) is 0 Å². The third-order valence-corrected chi connectivity index (χ3v) is 6.91. The van der Waals surface area contributed by atoms with E-state index in [2.05, 4.69) is 31.9 Å². The molecule has 2 heterocycles. The van der Waals surface area contributed by atoms with Crippen LogP contribution in [0.4, 0.5) is 17.5 Å². The molecule has 0 spiro atoms. The van der Waals surface area contributed by atoms with Crippen molar-refractivity contribution in [3.63, 3.8) is 0 Å². The number of halogens is 1. The topological polar surface area (TPSA) is 90.5 Å². The minimum Gasteiger partial charge on any atom is -0.368 e. The predicted molar refractivity (Wildman–Crippen MR) is 132 cm³/mol. The van der Waals surface area contributed by atoms with Crippen LogP contribution < -0.4 is 20.4 Å². The van der Waals surface area contributed by atoms with E-state index >= 15 is 0 Å². The van der Waals surface area contributed by atoms with Gasteiger partial charge in [-0.2, -0.15) is 4.98 Å². The van der Waals surface area contributed by atoms with Crippen LogP contribution in [0.2, 0.25) is 5.02 Å². The molecule has 1 fully saturated rings. The molecule has 0 saturated carbocycles. The summed E-state index contributed by atoms with van der Waals surface area (Å²) in [5.74, 6) is 0.988. The number of fused-ring (bicyclic) bond motifs is 1. The van der Waals surface area contributed by atoms with Crippen molar-refractivity contribution in [1.82, 2.24) is 14.9 Å². The molecule has 0 bridgehead atoms. The van der Waals surface area contributed by atoms with Gasteiger partial charge < -0.3 is 15.1 Å². The molecule has 1 saturated heterocycles. The molecule has 0 unspecified atom stereocenters. The first kappa shape index (κ1) is 22.6. The molecule has 1 aliphatic heterocycles. The second-order valence-corrected chi connectivity index (χ2v) is 10.0. The van der Waals surface area contributed by atoms with E-state index in [4.69, 9.17) is 24.4 Å². The van der Waals surface area contributed by atoms with Crippen LogP contribution in [0.15, 0.2) is 42.5 Å². The number of rotatable bonds is 7. The summed E-state index contributed by atoms with van der Waals surface area (Å²) >= 11 is 6.22. The first-order valence-corrected chi connectivity index (χ1v) is 12.3. The Morgan fingerprint density at radius 1 is 1.09 bits per heavy atom. The minimum atomic E-state index is -3.53. The molecule has 4 rings (SSSR count). The lowest BCUT2D eigenvalue weighted by atomic mass is 9.94. The fraction of sp³-hybridized carbons (Fsp3) is 0.333. The molecule has 11 heteroatoms. The normalized spacial score (nSPS) is 15.1. The second kappa shape index (κ2) is 9.52. The van der Waals surface area contributed by atoms with Gasteiger partial charge in [0.1, 0.15) is 13.7 Å². The summed E-state index contributed by atoms with van der Waals surface area (Å²) in [5, 5.41) is 4.27. The molecule has 0 amide bonds. The summed E-state index contributed by atoms with van der Waals surface area (Å²) in [6.07, 6.45) is 0. The summed E-state index contributed by atoms with van der Waals surface area (Å²) in [7, 11) is 4.55.